The second-order valence-corrected chi connectivity index (χ2v) is 9.20. The number of benzene rings is 2. The standard InChI is InChI=1S/C22H18S2/c1-3-17(19-9-15-5-7-23-21(15)11-13(1)19)18-4-2-14-12-22-16(6-8-24-22)10-20(14)18/h5-12,17-18H,1-4H2/t17-,18-/m0/s1. The first-order chi connectivity index (χ1) is 11.9. The fourth-order valence-electron chi connectivity index (χ4n) is 5.03. The van der Waals surface area contributed by atoms with Gasteiger partial charge in [0.05, 0.1) is 0 Å². The van der Waals surface area contributed by atoms with Gasteiger partial charge in [-0.15, -0.1) is 22.7 Å². The van der Waals surface area contributed by atoms with Crippen LogP contribution < -0.4 is 0 Å². The van der Waals surface area contributed by atoms with Crippen LogP contribution in [0.3, 0.4) is 0 Å². The summed E-state index contributed by atoms with van der Waals surface area (Å²) in [6.45, 7) is 0. The van der Waals surface area contributed by atoms with Crippen LogP contribution in [0, 0.1) is 0 Å². The summed E-state index contributed by atoms with van der Waals surface area (Å²) in [4.78, 5) is 0. The molecule has 0 aliphatic heterocycles. The molecule has 6 rings (SSSR count). The van der Waals surface area contributed by atoms with E-state index in [9.17, 15) is 0 Å². The van der Waals surface area contributed by atoms with E-state index < -0.39 is 0 Å². The lowest BCUT2D eigenvalue weighted by Crippen LogP contribution is -2.05. The third-order valence-electron chi connectivity index (χ3n) is 6.16. The molecule has 4 aromatic rings. The minimum absolute atomic E-state index is 0.724. The van der Waals surface area contributed by atoms with Crippen molar-refractivity contribution < 1.29 is 0 Å². The van der Waals surface area contributed by atoms with Crippen molar-refractivity contribution in [1.82, 2.24) is 0 Å². The SMILES string of the molecule is c1cc2cc3c(cc2s1)CC[C@H]3[C@@H]1CCc2cc3sccc3cc21. The Hall–Kier alpha value is -1.64. The lowest BCUT2D eigenvalue weighted by Gasteiger charge is -2.21. The summed E-state index contributed by atoms with van der Waals surface area (Å²) in [5.41, 5.74) is 6.51. The largest absolute Gasteiger partial charge is 0.144 e. The summed E-state index contributed by atoms with van der Waals surface area (Å²) in [5.74, 6) is 1.45. The molecule has 2 aliphatic rings. The molecule has 0 fully saturated rings. The Morgan fingerprint density at radius 2 is 1.17 bits per heavy atom. The van der Waals surface area contributed by atoms with Gasteiger partial charge in [-0.05, 0) is 118 Å². The summed E-state index contributed by atoms with van der Waals surface area (Å²) >= 11 is 3.76. The molecule has 0 saturated heterocycles. The number of thiophene rings is 2. The van der Waals surface area contributed by atoms with Gasteiger partial charge in [0, 0.05) is 9.40 Å². The summed E-state index contributed by atoms with van der Waals surface area (Å²) in [5, 5.41) is 7.34. The second kappa shape index (κ2) is 4.93. The molecule has 2 heteroatoms. The molecule has 0 nitrogen and oxygen atoms in total. The molecular weight excluding hydrogens is 328 g/mol. The smallest absolute Gasteiger partial charge is 0.0345 e. The Bertz CT molecular complexity index is 994. The van der Waals surface area contributed by atoms with Crippen LogP contribution >= 0.6 is 22.7 Å². The van der Waals surface area contributed by atoms with Crippen molar-refractivity contribution in [1.29, 1.82) is 0 Å². The molecular formula is C22H18S2. The molecule has 0 saturated carbocycles. The third-order valence-corrected chi connectivity index (χ3v) is 7.92. The second-order valence-electron chi connectivity index (χ2n) is 7.31. The molecule has 0 unspecified atom stereocenters. The van der Waals surface area contributed by atoms with Crippen LogP contribution in [0.1, 0.15) is 46.9 Å². The van der Waals surface area contributed by atoms with Gasteiger partial charge >= 0.3 is 0 Å². The van der Waals surface area contributed by atoms with E-state index in [1.165, 1.54) is 45.9 Å². The first kappa shape index (κ1) is 13.6. The van der Waals surface area contributed by atoms with Crippen molar-refractivity contribution in [3.05, 3.63) is 69.4 Å². The van der Waals surface area contributed by atoms with Gasteiger partial charge in [-0.2, -0.15) is 0 Å². The van der Waals surface area contributed by atoms with Gasteiger partial charge in [-0.25, -0.2) is 0 Å². The fraction of sp³-hybridized carbons (Fsp3) is 0.273. The van der Waals surface area contributed by atoms with Gasteiger partial charge < -0.3 is 0 Å². The first-order valence-electron chi connectivity index (χ1n) is 8.87. The summed E-state index contributed by atoms with van der Waals surface area (Å²) < 4.78 is 2.92. The molecule has 2 aliphatic carbocycles. The minimum Gasteiger partial charge on any atom is -0.144 e. The highest BCUT2D eigenvalue weighted by molar-refractivity contribution is 7.17. The number of aryl methyl sites for hydroxylation is 2. The zero-order chi connectivity index (χ0) is 15.7. The van der Waals surface area contributed by atoms with E-state index in [2.05, 4.69) is 47.2 Å². The Balaban J connectivity index is 1.48. The van der Waals surface area contributed by atoms with Crippen LogP contribution in [0.5, 0.6) is 0 Å². The lowest BCUT2D eigenvalue weighted by molar-refractivity contribution is 0.531. The van der Waals surface area contributed by atoms with Gasteiger partial charge in [0.1, 0.15) is 0 Å². The van der Waals surface area contributed by atoms with E-state index in [1.807, 2.05) is 22.7 Å². The zero-order valence-electron chi connectivity index (χ0n) is 13.4. The summed E-state index contributed by atoms with van der Waals surface area (Å²) in [7, 11) is 0. The molecule has 0 bridgehead atoms. The highest BCUT2D eigenvalue weighted by Gasteiger charge is 2.35. The molecule has 0 amide bonds. The van der Waals surface area contributed by atoms with E-state index in [1.54, 1.807) is 22.3 Å². The van der Waals surface area contributed by atoms with Crippen LogP contribution in [0.25, 0.3) is 20.2 Å². The van der Waals surface area contributed by atoms with E-state index in [-0.39, 0.29) is 0 Å². The van der Waals surface area contributed by atoms with Gasteiger partial charge in [0.15, 0.2) is 0 Å². The number of hydrogen-bond donors (Lipinski definition) is 0. The molecule has 0 spiro atoms. The summed E-state index contributed by atoms with van der Waals surface area (Å²) in [6.07, 6.45) is 5.19. The minimum atomic E-state index is 0.724. The maximum absolute atomic E-state index is 2.50. The third kappa shape index (κ3) is 1.84. The Kier molecular flexibility index (Phi) is 2.80. The van der Waals surface area contributed by atoms with Crippen molar-refractivity contribution in [3.63, 3.8) is 0 Å². The first-order valence-corrected chi connectivity index (χ1v) is 10.6. The molecule has 2 aromatic heterocycles. The van der Waals surface area contributed by atoms with E-state index in [4.69, 9.17) is 0 Å². The van der Waals surface area contributed by atoms with Gasteiger partial charge in [-0.3, -0.25) is 0 Å². The van der Waals surface area contributed by atoms with E-state index in [0.29, 0.717) is 0 Å². The van der Waals surface area contributed by atoms with Crippen molar-refractivity contribution >= 4 is 42.8 Å². The molecule has 2 heterocycles. The Labute approximate surface area is 149 Å². The van der Waals surface area contributed by atoms with E-state index >= 15 is 0 Å². The van der Waals surface area contributed by atoms with Gasteiger partial charge in [0.25, 0.3) is 0 Å². The van der Waals surface area contributed by atoms with Crippen LogP contribution in [0.4, 0.5) is 0 Å². The van der Waals surface area contributed by atoms with Gasteiger partial charge in [0.2, 0.25) is 0 Å². The van der Waals surface area contributed by atoms with Crippen LogP contribution in [-0.4, -0.2) is 0 Å². The van der Waals surface area contributed by atoms with Gasteiger partial charge in [-0.1, -0.05) is 0 Å². The number of fused-ring (bicyclic) bond motifs is 4. The van der Waals surface area contributed by atoms with Crippen molar-refractivity contribution in [3.8, 4) is 0 Å². The van der Waals surface area contributed by atoms with Crippen molar-refractivity contribution in [2.75, 3.05) is 0 Å². The Morgan fingerprint density at radius 1 is 0.667 bits per heavy atom. The highest BCUT2D eigenvalue weighted by atomic mass is 32.1. The van der Waals surface area contributed by atoms with Crippen LogP contribution in [0.15, 0.2) is 47.2 Å². The normalized spacial score (nSPS) is 22.3. The van der Waals surface area contributed by atoms with Crippen LogP contribution in [0.2, 0.25) is 0 Å². The zero-order valence-corrected chi connectivity index (χ0v) is 15.1. The molecule has 2 atom stereocenters. The molecule has 24 heavy (non-hydrogen) atoms. The van der Waals surface area contributed by atoms with Crippen molar-refractivity contribution in [2.45, 2.75) is 37.5 Å². The van der Waals surface area contributed by atoms with Crippen molar-refractivity contribution in [2.24, 2.45) is 0 Å². The number of hydrogen-bond acceptors (Lipinski definition) is 2. The average Bonchev–Trinajstić information content (AvgIpc) is 3.35. The highest BCUT2D eigenvalue weighted by Crippen LogP contribution is 2.50. The fourth-order valence-corrected chi connectivity index (χ4v) is 6.70. The lowest BCUT2D eigenvalue weighted by atomic mass is 9.83. The predicted octanol–water partition coefficient (Wildman–Crippen LogP) is 6.88. The molecule has 0 N–H and O–H groups in total. The Morgan fingerprint density at radius 3 is 1.67 bits per heavy atom. The summed E-state index contributed by atoms with van der Waals surface area (Å²) in [6, 6.07) is 14.5. The average molecular weight is 347 g/mol. The quantitative estimate of drug-likeness (QED) is 0.352. The number of rotatable bonds is 1. The topological polar surface area (TPSA) is 0 Å². The molecule has 2 aromatic carbocycles. The monoisotopic (exact) mass is 346 g/mol. The predicted molar refractivity (Wildman–Crippen MR) is 106 cm³/mol. The van der Waals surface area contributed by atoms with Crippen LogP contribution in [-0.2, 0) is 12.8 Å². The molecule has 0 radical (unpaired) electrons. The molecule has 118 valence electrons. The van der Waals surface area contributed by atoms with E-state index in [0.717, 1.165) is 11.8 Å². The maximum atomic E-state index is 2.50. The maximum Gasteiger partial charge on any atom is 0.0345 e.